The van der Waals surface area contributed by atoms with Crippen LogP contribution in [0.15, 0.2) is 59.4 Å². The molecule has 2 heterocycles. The maximum atomic E-state index is 12.7. The van der Waals surface area contributed by atoms with E-state index >= 15 is 0 Å². The highest BCUT2D eigenvalue weighted by atomic mass is 32.1. The van der Waals surface area contributed by atoms with Crippen molar-refractivity contribution in [3.8, 4) is 11.8 Å². The van der Waals surface area contributed by atoms with Crippen molar-refractivity contribution in [2.24, 2.45) is 11.7 Å². The second-order valence-electron chi connectivity index (χ2n) is 9.23. The fraction of sp³-hybridized carbons (Fsp3) is 0.379. The highest BCUT2D eigenvalue weighted by molar-refractivity contribution is 7.07. The molecule has 0 radical (unpaired) electrons. The second kappa shape index (κ2) is 12.6. The number of nitrogens with zero attached hydrogens (tertiary/aromatic N) is 2. The summed E-state index contributed by atoms with van der Waals surface area (Å²) in [4.78, 5) is 18.9. The molecule has 182 valence electrons. The zero-order chi connectivity index (χ0) is 24.5. The predicted octanol–water partition coefficient (Wildman–Crippen LogP) is 3.82. The van der Waals surface area contributed by atoms with Crippen LogP contribution in [0, 0.1) is 17.8 Å². The minimum atomic E-state index is -0.508. The molecule has 1 atom stereocenters. The Kier molecular flexibility index (Phi) is 9.08. The Hall–Kier alpha value is -2.98. The standard InChI is InChI=1S/C29H33N3O2S/c30-28(19-27-20-35-21-31-27)29(34)32-15-13-26(14-16-32)18-25-11-9-24(10-12-25)8-7-23-5-3-22(4-6-23)2-1-17-33/h3-6,9-12,20-21,26,28,33H,1-2,13-19,30H2. The largest absolute Gasteiger partial charge is 0.396 e. The van der Waals surface area contributed by atoms with E-state index < -0.39 is 6.04 Å². The number of aliphatic hydroxyl groups is 1. The van der Waals surface area contributed by atoms with E-state index in [1.165, 1.54) is 22.5 Å². The van der Waals surface area contributed by atoms with Gasteiger partial charge in [-0.2, -0.15) is 0 Å². The number of aromatic nitrogens is 1. The molecule has 0 saturated carbocycles. The molecule has 0 aliphatic carbocycles. The monoisotopic (exact) mass is 487 g/mol. The minimum Gasteiger partial charge on any atom is -0.396 e. The molecular formula is C29H33N3O2S. The molecule has 5 nitrogen and oxygen atoms in total. The Bertz CT molecular complexity index is 1120. The first kappa shape index (κ1) is 25.1. The van der Waals surface area contributed by atoms with Gasteiger partial charge in [0.15, 0.2) is 0 Å². The van der Waals surface area contributed by atoms with Gasteiger partial charge in [-0.15, -0.1) is 11.3 Å². The summed E-state index contributed by atoms with van der Waals surface area (Å²) in [5.41, 5.74) is 13.4. The van der Waals surface area contributed by atoms with E-state index in [4.69, 9.17) is 10.8 Å². The van der Waals surface area contributed by atoms with Crippen LogP contribution in [0.5, 0.6) is 0 Å². The quantitative estimate of drug-likeness (QED) is 0.474. The van der Waals surface area contributed by atoms with E-state index in [0.29, 0.717) is 12.3 Å². The van der Waals surface area contributed by atoms with Crippen LogP contribution in [-0.2, 0) is 24.1 Å². The van der Waals surface area contributed by atoms with Crippen molar-refractivity contribution in [1.29, 1.82) is 0 Å². The van der Waals surface area contributed by atoms with Crippen LogP contribution in [0.25, 0.3) is 0 Å². The summed E-state index contributed by atoms with van der Waals surface area (Å²) in [6.45, 7) is 1.77. The molecule has 1 aromatic heterocycles. The van der Waals surface area contributed by atoms with Gasteiger partial charge in [-0.05, 0) is 73.4 Å². The molecule has 6 heteroatoms. The molecule has 1 fully saturated rings. The second-order valence-corrected chi connectivity index (χ2v) is 9.95. The van der Waals surface area contributed by atoms with Crippen molar-refractivity contribution in [3.05, 3.63) is 87.4 Å². The number of aliphatic hydroxyl groups excluding tert-OH is 1. The average Bonchev–Trinajstić information content (AvgIpc) is 3.41. The first-order valence-electron chi connectivity index (χ1n) is 12.3. The molecule has 4 rings (SSSR count). The summed E-state index contributed by atoms with van der Waals surface area (Å²) in [6, 6.07) is 16.3. The third-order valence-corrected chi connectivity index (χ3v) is 7.20. The van der Waals surface area contributed by atoms with Crippen LogP contribution in [0.1, 0.15) is 47.2 Å². The number of rotatable bonds is 8. The average molecular weight is 488 g/mol. The van der Waals surface area contributed by atoms with Crippen molar-refractivity contribution in [2.75, 3.05) is 19.7 Å². The predicted molar refractivity (Wildman–Crippen MR) is 141 cm³/mol. The maximum Gasteiger partial charge on any atom is 0.239 e. The summed E-state index contributed by atoms with van der Waals surface area (Å²) in [5, 5.41) is 10.9. The summed E-state index contributed by atoms with van der Waals surface area (Å²) in [5.74, 6) is 7.10. The Morgan fingerprint density at radius 3 is 2.26 bits per heavy atom. The van der Waals surface area contributed by atoms with Crippen LogP contribution in [0.3, 0.4) is 0 Å². The fourth-order valence-electron chi connectivity index (χ4n) is 4.48. The van der Waals surface area contributed by atoms with Gasteiger partial charge in [-0.25, -0.2) is 4.98 Å². The number of aryl methyl sites for hydroxylation is 1. The third kappa shape index (κ3) is 7.50. The Labute approximate surface area is 212 Å². The lowest BCUT2D eigenvalue weighted by atomic mass is 9.89. The number of hydrogen-bond acceptors (Lipinski definition) is 5. The Balaban J connectivity index is 1.23. The van der Waals surface area contributed by atoms with Crippen molar-refractivity contribution >= 4 is 17.2 Å². The molecule has 1 aliphatic rings. The van der Waals surface area contributed by atoms with Crippen molar-refractivity contribution in [3.63, 3.8) is 0 Å². The lowest BCUT2D eigenvalue weighted by Crippen LogP contribution is -2.48. The maximum absolute atomic E-state index is 12.7. The van der Waals surface area contributed by atoms with E-state index in [1.807, 2.05) is 22.4 Å². The molecule has 2 aromatic carbocycles. The minimum absolute atomic E-state index is 0.0409. The molecule has 0 bridgehead atoms. The Morgan fingerprint density at radius 2 is 1.69 bits per heavy atom. The van der Waals surface area contributed by atoms with Crippen LogP contribution in [-0.4, -0.2) is 46.6 Å². The molecule has 0 spiro atoms. The number of thiazole rings is 1. The van der Waals surface area contributed by atoms with Crippen LogP contribution in [0.4, 0.5) is 0 Å². The number of likely N-dealkylation sites (tertiary alicyclic amines) is 1. The number of piperidine rings is 1. The van der Waals surface area contributed by atoms with E-state index in [9.17, 15) is 4.79 Å². The van der Waals surface area contributed by atoms with Gasteiger partial charge in [-0.3, -0.25) is 4.79 Å². The molecule has 3 aromatic rings. The van der Waals surface area contributed by atoms with Crippen LogP contribution < -0.4 is 5.73 Å². The van der Waals surface area contributed by atoms with Gasteiger partial charge in [0, 0.05) is 42.6 Å². The zero-order valence-electron chi connectivity index (χ0n) is 20.0. The van der Waals surface area contributed by atoms with Crippen LogP contribution in [0.2, 0.25) is 0 Å². The summed E-state index contributed by atoms with van der Waals surface area (Å²) < 4.78 is 0. The van der Waals surface area contributed by atoms with Gasteiger partial charge in [-0.1, -0.05) is 36.1 Å². The molecule has 1 unspecified atom stereocenters. The van der Waals surface area contributed by atoms with E-state index in [1.54, 1.807) is 5.51 Å². The summed E-state index contributed by atoms with van der Waals surface area (Å²) >= 11 is 1.53. The SMILES string of the molecule is NC(Cc1cscn1)C(=O)N1CCC(Cc2ccc(C#Cc3ccc(CCCO)cc3)cc2)CC1. The molecule has 1 amide bonds. The van der Waals surface area contributed by atoms with Gasteiger partial charge in [0.2, 0.25) is 5.91 Å². The van der Waals surface area contributed by atoms with Gasteiger partial charge in [0.1, 0.15) is 0 Å². The molecule has 1 saturated heterocycles. The zero-order valence-corrected chi connectivity index (χ0v) is 20.8. The molecule has 35 heavy (non-hydrogen) atoms. The number of carbonyl (C=O) groups excluding carboxylic acids is 1. The normalized spacial score (nSPS) is 14.9. The van der Waals surface area contributed by atoms with E-state index in [-0.39, 0.29) is 12.5 Å². The molecular weight excluding hydrogens is 454 g/mol. The lowest BCUT2D eigenvalue weighted by Gasteiger charge is -2.33. The van der Waals surface area contributed by atoms with Crippen LogP contribution >= 0.6 is 11.3 Å². The summed E-state index contributed by atoms with van der Waals surface area (Å²) in [6.07, 6.45) is 5.22. The lowest BCUT2D eigenvalue weighted by molar-refractivity contribution is -0.134. The Morgan fingerprint density at radius 1 is 1.06 bits per heavy atom. The van der Waals surface area contributed by atoms with Crippen molar-refractivity contribution in [1.82, 2.24) is 9.88 Å². The third-order valence-electron chi connectivity index (χ3n) is 6.56. The van der Waals surface area contributed by atoms with E-state index in [0.717, 1.165) is 62.0 Å². The number of benzene rings is 2. The van der Waals surface area contributed by atoms with Gasteiger partial charge in [0.05, 0.1) is 17.2 Å². The molecule has 1 aliphatic heterocycles. The number of amides is 1. The van der Waals surface area contributed by atoms with Gasteiger partial charge in [0.25, 0.3) is 0 Å². The van der Waals surface area contributed by atoms with Crippen molar-refractivity contribution < 1.29 is 9.90 Å². The first-order valence-corrected chi connectivity index (χ1v) is 13.3. The highest BCUT2D eigenvalue weighted by Gasteiger charge is 2.26. The van der Waals surface area contributed by atoms with Crippen molar-refractivity contribution in [2.45, 2.75) is 44.6 Å². The molecule has 3 N–H and O–H groups in total. The first-order chi connectivity index (χ1) is 17.1. The topological polar surface area (TPSA) is 79.5 Å². The fourth-order valence-corrected chi connectivity index (χ4v) is 5.05. The van der Waals surface area contributed by atoms with Gasteiger partial charge < -0.3 is 15.7 Å². The van der Waals surface area contributed by atoms with Gasteiger partial charge >= 0.3 is 0 Å². The number of hydrogen-bond donors (Lipinski definition) is 2. The summed E-state index contributed by atoms with van der Waals surface area (Å²) in [7, 11) is 0. The van der Waals surface area contributed by atoms with E-state index in [2.05, 4.69) is 53.2 Å². The number of carbonyl (C=O) groups is 1. The highest BCUT2D eigenvalue weighted by Crippen LogP contribution is 2.22. The number of nitrogens with two attached hydrogens (primary N) is 1. The smallest absolute Gasteiger partial charge is 0.239 e.